The Hall–Kier alpha value is -3.82. The number of nitrogens with one attached hydrogen (secondary N) is 2. The first-order valence-corrected chi connectivity index (χ1v) is 8.43. The van der Waals surface area contributed by atoms with Crippen LogP contribution < -0.4 is 22.1 Å². The van der Waals surface area contributed by atoms with E-state index in [2.05, 4.69) is 25.6 Å². The summed E-state index contributed by atoms with van der Waals surface area (Å²) in [6.07, 6.45) is 3.45. The van der Waals surface area contributed by atoms with Crippen molar-refractivity contribution < 1.29 is 14.0 Å². The van der Waals surface area contributed by atoms with Crippen molar-refractivity contribution in [2.75, 3.05) is 10.6 Å². The lowest BCUT2D eigenvalue weighted by atomic mass is 10.2. The molecule has 10 heteroatoms. The molecule has 6 N–H and O–H groups in total. The minimum Gasteiger partial charge on any atom is -0.368 e. The van der Waals surface area contributed by atoms with Gasteiger partial charge in [0.25, 0.3) is 5.91 Å². The Morgan fingerprint density at radius 3 is 2.68 bits per heavy atom. The van der Waals surface area contributed by atoms with Crippen molar-refractivity contribution in [3.63, 3.8) is 0 Å². The van der Waals surface area contributed by atoms with Crippen molar-refractivity contribution in [2.24, 2.45) is 11.5 Å². The number of nitrogens with zero attached hydrogens (tertiary/aromatic N) is 3. The quantitative estimate of drug-likeness (QED) is 0.485. The summed E-state index contributed by atoms with van der Waals surface area (Å²) in [5.74, 6) is -2.56. The summed E-state index contributed by atoms with van der Waals surface area (Å²) in [4.78, 5) is 35.6. The maximum Gasteiger partial charge on any atom is 0.252 e. The van der Waals surface area contributed by atoms with Crippen LogP contribution in [-0.2, 0) is 4.79 Å². The van der Waals surface area contributed by atoms with Crippen molar-refractivity contribution in [3.05, 3.63) is 48.0 Å². The summed E-state index contributed by atoms with van der Waals surface area (Å²) in [6.45, 7) is 1.71. The van der Waals surface area contributed by atoms with Gasteiger partial charge >= 0.3 is 0 Å². The summed E-state index contributed by atoms with van der Waals surface area (Å²) in [6, 6.07) is 5.46. The Balaban J connectivity index is 2.00. The van der Waals surface area contributed by atoms with Gasteiger partial charge in [0, 0.05) is 11.6 Å². The lowest BCUT2D eigenvalue weighted by molar-refractivity contribution is -0.118. The van der Waals surface area contributed by atoms with E-state index in [4.69, 9.17) is 11.5 Å². The summed E-state index contributed by atoms with van der Waals surface area (Å²) < 4.78 is 14.4. The number of carbonyl (C=O) groups excluding carboxylic acids is 2. The first-order valence-electron chi connectivity index (χ1n) is 8.43. The van der Waals surface area contributed by atoms with Crippen LogP contribution in [0.5, 0.6) is 0 Å². The molecular weight excluding hydrogens is 365 g/mol. The van der Waals surface area contributed by atoms with E-state index < -0.39 is 23.7 Å². The molecule has 28 heavy (non-hydrogen) atoms. The molecule has 0 saturated heterocycles. The van der Waals surface area contributed by atoms with E-state index in [-0.39, 0.29) is 17.2 Å². The number of nitrogens with two attached hydrogens (primary N) is 2. The average molecular weight is 383 g/mol. The number of hydrogen-bond donors (Lipinski definition) is 4. The number of hydrogen-bond acceptors (Lipinski definition) is 7. The summed E-state index contributed by atoms with van der Waals surface area (Å²) >= 11 is 0. The van der Waals surface area contributed by atoms with Crippen LogP contribution in [0.15, 0.2) is 36.7 Å². The predicted octanol–water partition coefficient (Wildman–Crippen LogP) is 1.68. The number of fused-ring (bicyclic) bond motifs is 1. The molecule has 144 valence electrons. The van der Waals surface area contributed by atoms with E-state index >= 15 is 0 Å². The SMILES string of the molecule is CC[C@@H](Nc1nc(Nc2cnc3ncccc3c2)c(C(N)=O)cc1F)C(N)=O. The van der Waals surface area contributed by atoms with Gasteiger partial charge in [-0.15, -0.1) is 0 Å². The minimum absolute atomic E-state index is 0.0146. The maximum absolute atomic E-state index is 14.4. The first-order chi connectivity index (χ1) is 13.4. The van der Waals surface area contributed by atoms with Gasteiger partial charge in [0.1, 0.15) is 11.9 Å². The van der Waals surface area contributed by atoms with Crippen molar-refractivity contribution in [1.82, 2.24) is 15.0 Å². The Bertz CT molecular complexity index is 1060. The van der Waals surface area contributed by atoms with Gasteiger partial charge in [-0.3, -0.25) is 9.59 Å². The van der Waals surface area contributed by atoms with E-state index in [1.807, 2.05) is 6.07 Å². The molecule has 0 aromatic carbocycles. The minimum atomic E-state index is -0.863. The second-order valence-corrected chi connectivity index (χ2v) is 5.99. The fraction of sp³-hybridized carbons (Fsp3) is 0.167. The molecule has 0 aliphatic carbocycles. The number of primary amides is 2. The topological polar surface area (TPSA) is 149 Å². The molecule has 3 heterocycles. The first kappa shape index (κ1) is 19.0. The Labute approximate surface area is 159 Å². The van der Waals surface area contributed by atoms with E-state index in [0.29, 0.717) is 17.8 Å². The van der Waals surface area contributed by atoms with Gasteiger partial charge in [0.05, 0.1) is 17.4 Å². The zero-order valence-electron chi connectivity index (χ0n) is 14.9. The van der Waals surface area contributed by atoms with Crippen LogP contribution in [0.3, 0.4) is 0 Å². The highest BCUT2D eigenvalue weighted by Gasteiger charge is 2.20. The summed E-state index contributed by atoms with van der Waals surface area (Å²) in [5, 5.41) is 6.31. The van der Waals surface area contributed by atoms with Crippen LogP contribution in [0, 0.1) is 5.82 Å². The highest BCUT2D eigenvalue weighted by molar-refractivity contribution is 5.99. The summed E-state index contributed by atoms with van der Waals surface area (Å²) in [5.41, 5.74) is 11.5. The number of anilines is 3. The lowest BCUT2D eigenvalue weighted by Gasteiger charge is -2.17. The van der Waals surface area contributed by atoms with Crippen LogP contribution >= 0.6 is 0 Å². The Morgan fingerprint density at radius 2 is 2.00 bits per heavy atom. The van der Waals surface area contributed by atoms with E-state index in [0.717, 1.165) is 11.5 Å². The second kappa shape index (κ2) is 7.82. The van der Waals surface area contributed by atoms with Crippen molar-refractivity contribution in [1.29, 1.82) is 0 Å². The van der Waals surface area contributed by atoms with Gasteiger partial charge in [-0.1, -0.05) is 6.92 Å². The molecule has 2 amide bonds. The molecule has 0 saturated carbocycles. The average Bonchev–Trinajstić information content (AvgIpc) is 2.67. The smallest absolute Gasteiger partial charge is 0.252 e. The molecular formula is C18H18FN7O2. The fourth-order valence-electron chi connectivity index (χ4n) is 2.58. The van der Waals surface area contributed by atoms with Crippen LogP contribution in [0.1, 0.15) is 23.7 Å². The van der Waals surface area contributed by atoms with Gasteiger partial charge in [0.2, 0.25) is 5.91 Å². The number of carbonyl (C=O) groups is 2. The number of halogens is 1. The van der Waals surface area contributed by atoms with Crippen molar-refractivity contribution >= 4 is 40.2 Å². The zero-order valence-corrected chi connectivity index (χ0v) is 14.9. The Morgan fingerprint density at radius 1 is 1.21 bits per heavy atom. The Kier molecular flexibility index (Phi) is 5.30. The van der Waals surface area contributed by atoms with Gasteiger partial charge in [-0.2, -0.15) is 0 Å². The molecule has 1 atom stereocenters. The second-order valence-electron chi connectivity index (χ2n) is 5.99. The molecule has 0 unspecified atom stereocenters. The normalized spacial score (nSPS) is 11.8. The molecule has 3 rings (SSSR count). The van der Waals surface area contributed by atoms with E-state index in [1.165, 1.54) is 6.20 Å². The highest BCUT2D eigenvalue weighted by atomic mass is 19.1. The van der Waals surface area contributed by atoms with Gasteiger partial charge in [-0.25, -0.2) is 19.3 Å². The molecule has 3 aromatic rings. The van der Waals surface area contributed by atoms with Crippen LogP contribution in [-0.4, -0.2) is 32.8 Å². The van der Waals surface area contributed by atoms with Crippen LogP contribution in [0.4, 0.5) is 21.7 Å². The maximum atomic E-state index is 14.4. The van der Waals surface area contributed by atoms with Crippen LogP contribution in [0.2, 0.25) is 0 Å². The van der Waals surface area contributed by atoms with Crippen molar-refractivity contribution in [3.8, 4) is 0 Å². The molecule has 0 aliphatic heterocycles. The van der Waals surface area contributed by atoms with Crippen LogP contribution in [0.25, 0.3) is 11.0 Å². The molecule has 9 nitrogen and oxygen atoms in total. The standard InChI is InChI=1S/C18H18FN7O2/c1-2-13(15(21)28)25-18-12(19)7-11(14(20)27)17(26-18)24-10-6-9-4-3-5-22-16(9)23-8-10/h3-8,13H,2H2,1H3,(H2,20,27)(H2,21,28)(H2,24,25,26)/t13-/m1/s1. The molecule has 0 bridgehead atoms. The number of amides is 2. The third-order valence-electron chi connectivity index (χ3n) is 4.02. The number of rotatable bonds is 7. The monoisotopic (exact) mass is 383 g/mol. The molecule has 3 aromatic heterocycles. The lowest BCUT2D eigenvalue weighted by Crippen LogP contribution is -2.35. The van der Waals surface area contributed by atoms with E-state index in [9.17, 15) is 14.0 Å². The van der Waals surface area contributed by atoms with Crippen molar-refractivity contribution in [2.45, 2.75) is 19.4 Å². The number of pyridine rings is 3. The summed E-state index contributed by atoms with van der Waals surface area (Å²) in [7, 11) is 0. The fourth-order valence-corrected chi connectivity index (χ4v) is 2.58. The zero-order chi connectivity index (χ0) is 20.3. The van der Waals surface area contributed by atoms with Gasteiger partial charge in [-0.05, 0) is 30.7 Å². The third kappa shape index (κ3) is 3.95. The third-order valence-corrected chi connectivity index (χ3v) is 4.02. The molecule has 0 radical (unpaired) electrons. The van der Waals surface area contributed by atoms with Gasteiger partial charge in [0.15, 0.2) is 17.3 Å². The molecule has 0 aliphatic rings. The van der Waals surface area contributed by atoms with Gasteiger partial charge < -0.3 is 22.1 Å². The molecule has 0 spiro atoms. The largest absolute Gasteiger partial charge is 0.368 e. The highest BCUT2D eigenvalue weighted by Crippen LogP contribution is 2.25. The number of aromatic nitrogens is 3. The molecule has 0 fully saturated rings. The predicted molar refractivity (Wildman–Crippen MR) is 102 cm³/mol. The van der Waals surface area contributed by atoms with E-state index in [1.54, 1.807) is 25.3 Å².